The average molecular weight is 241 g/mol. The van der Waals surface area contributed by atoms with Crippen LogP contribution in [-0.4, -0.2) is 42.2 Å². The van der Waals surface area contributed by atoms with Crippen LogP contribution in [0.4, 0.5) is 4.79 Å². The first-order chi connectivity index (χ1) is 7.88. The van der Waals surface area contributed by atoms with Crippen LogP contribution in [0.2, 0.25) is 0 Å². The van der Waals surface area contributed by atoms with Crippen molar-refractivity contribution in [2.75, 3.05) is 13.6 Å². The van der Waals surface area contributed by atoms with Crippen molar-refractivity contribution in [3.8, 4) is 0 Å². The Morgan fingerprint density at radius 1 is 1.41 bits per heavy atom. The summed E-state index contributed by atoms with van der Waals surface area (Å²) >= 11 is 0. The Hall–Kier alpha value is -1.92. The van der Waals surface area contributed by atoms with Gasteiger partial charge in [-0.2, -0.15) is 0 Å². The fourth-order valence-electron chi connectivity index (χ4n) is 1.59. The predicted molar refractivity (Wildman–Crippen MR) is 57.6 cm³/mol. The molecule has 0 bridgehead atoms. The van der Waals surface area contributed by atoms with E-state index in [1.807, 2.05) is 0 Å². The summed E-state index contributed by atoms with van der Waals surface area (Å²) in [7, 11) is 1.40. The number of nitrogens with one attached hydrogen (secondary N) is 2. The van der Waals surface area contributed by atoms with Gasteiger partial charge >= 0.3 is 6.03 Å². The highest BCUT2D eigenvalue weighted by Gasteiger charge is 2.42. The minimum absolute atomic E-state index is 0.234. The molecule has 1 aliphatic heterocycles. The highest BCUT2D eigenvalue weighted by atomic mass is 16.2. The molecule has 1 aliphatic rings. The molecule has 7 nitrogen and oxygen atoms in total. The lowest BCUT2D eigenvalue weighted by molar-refractivity contribution is -0.146. The van der Waals surface area contributed by atoms with Gasteiger partial charge in [-0.3, -0.25) is 24.6 Å². The van der Waals surface area contributed by atoms with E-state index in [9.17, 15) is 19.2 Å². The van der Waals surface area contributed by atoms with Crippen LogP contribution in [-0.2, 0) is 14.4 Å². The molecule has 94 valence electrons. The van der Waals surface area contributed by atoms with Crippen molar-refractivity contribution in [3.63, 3.8) is 0 Å². The Morgan fingerprint density at radius 3 is 2.47 bits per heavy atom. The normalized spacial score (nSPS) is 20.6. The van der Waals surface area contributed by atoms with Gasteiger partial charge in [0, 0.05) is 7.05 Å². The van der Waals surface area contributed by atoms with Crippen molar-refractivity contribution in [1.82, 2.24) is 15.5 Å². The molecule has 0 aromatic carbocycles. The number of barbiturate groups is 1. The number of hydrogen-bond acceptors (Lipinski definition) is 4. The number of carbonyl (C=O) groups is 4. The zero-order valence-corrected chi connectivity index (χ0v) is 9.94. The number of nitrogens with zero attached hydrogens (tertiary/aromatic N) is 1. The summed E-state index contributed by atoms with van der Waals surface area (Å²) in [4.78, 5) is 46.7. The van der Waals surface area contributed by atoms with E-state index >= 15 is 0 Å². The number of likely N-dealkylation sites (N-methyl/N-ethyl adjacent to an activating group) is 1. The monoisotopic (exact) mass is 241 g/mol. The second kappa shape index (κ2) is 4.94. The van der Waals surface area contributed by atoms with E-state index in [0.29, 0.717) is 0 Å². The van der Waals surface area contributed by atoms with Crippen LogP contribution in [0.25, 0.3) is 0 Å². The molecule has 0 radical (unpaired) electrons. The molecule has 1 atom stereocenters. The second-order valence-corrected chi connectivity index (χ2v) is 4.11. The van der Waals surface area contributed by atoms with E-state index in [1.165, 1.54) is 7.05 Å². The summed E-state index contributed by atoms with van der Waals surface area (Å²) in [5, 5.41) is 4.38. The molecular weight excluding hydrogens is 226 g/mol. The summed E-state index contributed by atoms with van der Waals surface area (Å²) in [5.41, 5.74) is 0. The van der Waals surface area contributed by atoms with Crippen molar-refractivity contribution in [2.24, 2.45) is 11.8 Å². The number of amides is 5. The molecule has 0 aromatic rings. The van der Waals surface area contributed by atoms with E-state index in [0.717, 1.165) is 4.90 Å². The number of hydrogen-bond donors (Lipinski definition) is 2. The smallest absolute Gasteiger partial charge is 0.331 e. The Morgan fingerprint density at radius 2 is 2.00 bits per heavy atom. The standard InChI is InChI=1S/C10H15N3O4/c1-5(2)7-8(15)12-10(17)13(9(7)16)4-6(14)11-3/h5,7H,4H2,1-3H3,(H,11,14)(H,12,15,17). The van der Waals surface area contributed by atoms with Crippen LogP contribution in [0.3, 0.4) is 0 Å². The van der Waals surface area contributed by atoms with Crippen molar-refractivity contribution >= 4 is 23.8 Å². The third kappa shape index (κ3) is 2.61. The van der Waals surface area contributed by atoms with Gasteiger partial charge in [0.15, 0.2) is 0 Å². The topological polar surface area (TPSA) is 95.6 Å². The Balaban J connectivity index is 2.90. The first-order valence-electron chi connectivity index (χ1n) is 5.25. The molecule has 1 rings (SSSR count). The molecular formula is C10H15N3O4. The number of urea groups is 1. The molecule has 5 amide bonds. The van der Waals surface area contributed by atoms with Crippen LogP contribution < -0.4 is 10.6 Å². The predicted octanol–water partition coefficient (Wildman–Crippen LogP) is -0.917. The maximum atomic E-state index is 11.9. The summed E-state index contributed by atoms with van der Waals surface area (Å²) in [6.07, 6.45) is 0. The molecule has 2 N–H and O–H groups in total. The average Bonchev–Trinajstić information content (AvgIpc) is 2.22. The zero-order valence-electron chi connectivity index (χ0n) is 9.94. The summed E-state index contributed by atoms with van der Waals surface area (Å²) in [6, 6.07) is -0.847. The second-order valence-electron chi connectivity index (χ2n) is 4.11. The van der Waals surface area contributed by atoms with Crippen LogP contribution in [0, 0.1) is 11.8 Å². The Labute approximate surface area is 98.5 Å². The van der Waals surface area contributed by atoms with Crippen molar-refractivity contribution in [3.05, 3.63) is 0 Å². The third-order valence-corrected chi connectivity index (χ3v) is 2.54. The van der Waals surface area contributed by atoms with Gasteiger partial charge in [-0.1, -0.05) is 13.8 Å². The number of carbonyl (C=O) groups excluding carboxylic acids is 4. The molecule has 1 fully saturated rings. The maximum Gasteiger partial charge on any atom is 0.331 e. The Bertz CT molecular complexity index is 378. The molecule has 0 aromatic heterocycles. The van der Waals surface area contributed by atoms with Gasteiger partial charge in [-0.05, 0) is 5.92 Å². The maximum absolute atomic E-state index is 11.9. The fourth-order valence-corrected chi connectivity index (χ4v) is 1.59. The van der Waals surface area contributed by atoms with E-state index in [2.05, 4.69) is 10.6 Å². The molecule has 0 aliphatic carbocycles. The van der Waals surface area contributed by atoms with E-state index in [1.54, 1.807) is 13.8 Å². The molecule has 1 heterocycles. The summed E-state index contributed by atoms with van der Waals surface area (Å²) in [5.74, 6) is -2.86. The van der Waals surface area contributed by atoms with Gasteiger partial charge in [0.1, 0.15) is 12.5 Å². The van der Waals surface area contributed by atoms with Crippen LogP contribution in [0.1, 0.15) is 13.8 Å². The summed E-state index contributed by atoms with van der Waals surface area (Å²) < 4.78 is 0. The SMILES string of the molecule is CNC(=O)CN1C(=O)NC(=O)C(C(C)C)C1=O. The minimum Gasteiger partial charge on any atom is -0.358 e. The zero-order chi connectivity index (χ0) is 13.2. The third-order valence-electron chi connectivity index (χ3n) is 2.54. The quantitative estimate of drug-likeness (QED) is 0.625. The largest absolute Gasteiger partial charge is 0.358 e. The van der Waals surface area contributed by atoms with E-state index in [-0.39, 0.29) is 12.5 Å². The molecule has 17 heavy (non-hydrogen) atoms. The number of imide groups is 2. The molecule has 0 saturated carbocycles. The van der Waals surface area contributed by atoms with E-state index in [4.69, 9.17) is 0 Å². The van der Waals surface area contributed by atoms with Crippen molar-refractivity contribution in [1.29, 1.82) is 0 Å². The minimum atomic E-state index is -0.919. The van der Waals surface area contributed by atoms with Gasteiger partial charge < -0.3 is 5.32 Å². The first kappa shape index (κ1) is 13.1. The molecule has 7 heteroatoms. The van der Waals surface area contributed by atoms with Crippen LogP contribution >= 0.6 is 0 Å². The lowest BCUT2D eigenvalue weighted by Crippen LogP contribution is -2.60. The molecule has 1 unspecified atom stereocenters. The fraction of sp³-hybridized carbons (Fsp3) is 0.600. The van der Waals surface area contributed by atoms with Crippen molar-refractivity contribution < 1.29 is 19.2 Å². The van der Waals surface area contributed by atoms with Gasteiger partial charge in [-0.25, -0.2) is 4.79 Å². The van der Waals surface area contributed by atoms with Gasteiger partial charge in [0.05, 0.1) is 0 Å². The highest BCUT2D eigenvalue weighted by molar-refractivity contribution is 6.17. The van der Waals surface area contributed by atoms with E-state index < -0.39 is 29.7 Å². The number of rotatable bonds is 3. The lowest BCUT2D eigenvalue weighted by Gasteiger charge is -2.31. The molecule has 1 saturated heterocycles. The highest BCUT2D eigenvalue weighted by Crippen LogP contribution is 2.18. The molecule has 0 spiro atoms. The first-order valence-corrected chi connectivity index (χ1v) is 5.25. The van der Waals surface area contributed by atoms with Crippen molar-refractivity contribution in [2.45, 2.75) is 13.8 Å². The summed E-state index contributed by atoms with van der Waals surface area (Å²) in [6.45, 7) is 3.03. The van der Waals surface area contributed by atoms with Gasteiger partial charge in [0.25, 0.3) is 0 Å². The van der Waals surface area contributed by atoms with Crippen LogP contribution in [0.15, 0.2) is 0 Å². The Kier molecular flexibility index (Phi) is 3.82. The van der Waals surface area contributed by atoms with Gasteiger partial charge in [-0.15, -0.1) is 0 Å². The lowest BCUT2D eigenvalue weighted by atomic mass is 9.92. The van der Waals surface area contributed by atoms with Crippen LogP contribution in [0.5, 0.6) is 0 Å². The van der Waals surface area contributed by atoms with Gasteiger partial charge in [0.2, 0.25) is 17.7 Å².